The predicted molar refractivity (Wildman–Crippen MR) is 101 cm³/mol. The van der Waals surface area contributed by atoms with E-state index >= 15 is 0 Å². The zero-order valence-electron chi connectivity index (χ0n) is 14.9. The number of esters is 1. The molecule has 2 N–H and O–H groups in total. The summed E-state index contributed by atoms with van der Waals surface area (Å²) in [5, 5.41) is 5.62. The van der Waals surface area contributed by atoms with Gasteiger partial charge in [-0.25, -0.2) is 9.59 Å². The number of amides is 3. The molecule has 1 saturated carbocycles. The molecule has 1 aliphatic carbocycles. The van der Waals surface area contributed by atoms with Crippen LogP contribution >= 0.6 is 23.2 Å². The van der Waals surface area contributed by atoms with E-state index in [1.165, 1.54) is 12.1 Å². The van der Waals surface area contributed by atoms with Gasteiger partial charge in [-0.1, -0.05) is 43.0 Å². The molecule has 0 spiro atoms. The summed E-state index contributed by atoms with van der Waals surface area (Å²) in [6.45, 7) is 1.06. The van der Waals surface area contributed by atoms with Crippen molar-refractivity contribution in [1.29, 1.82) is 0 Å². The van der Waals surface area contributed by atoms with Crippen LogP contribution < -0.4 is 15.4 Å². The Morgan fingerprint density at radius 2 is 1.89 bits per heavy atom. The summed E-state index contributed by atoms with van der Waals surface area (Å²) in [6.07, 6.45) is 4.15. The van der Waals surface area contributed by atoms with Gasteiger partial charge in [0.25, 0.3) is 5.91 Å². The molecule has 9 heteroatoms. The van der Waals surface area contributed by atoms with Crippen LogP contribution in [-0.2, 0) is 14.3 Å². The molecule has 3 amide bonds. The maximum atomic E-state index is 11.9. The zero-order chi connectivity index (χ0) is 19.8. The molecule has 2 atom stereocenters. The topological polar surface area (TPSA) is 93.7 Å². The number of benzene rings is 1. The van der Waals surface area contributed by atoms with Crippen molar-refractivity contribution in [1.82, 2.24) is 10.6 Å². The van der Waals surface area contributed by atoms with Gasteiger partial charge in [-0.3, -0.25) is 10.1 Å². The molecule has 0 heterocycles. The van der Waals surface area contributed by atoms with Gasteiger partial charge < -0.3 is 14.8 Å². The Bertz CT molecular complexity index is 698. The number of carbonyl (C=O) groups excluding carboxylic acids is 3. The molecule has 1 aromatic carbocycles. The Morgan fingerprint density at radius 1 is 1.15 bits per heavy atom. The van der Waals surface area contributed by atoms with E-state index in [1.807, 2.05) is 0 Å². The summed E-state index contributed by atoms with van der Waals surface area (Å²) >= 11 is 11.7. The van der Waals surface area contributed by atoms with Gasteiger partial charge in [0, 0.05) is 11.1 Å². The van der Waals surface area contributed by atoms with Crippen LogP contribution in [0.25, 0.3) is 0 Å². The summed E-state index contributed by atoms with van der Waals surface area (Å²) in [5.74, 6) is -0.843. The third kappa shape index (κ3) is 7.27. The van der Waals surface area contributed by atoms with E-state index in [0.717, 1.165) is 25.7 Å². The van der Waals surface area contributed by atoms with Crippen LogP contribution in [0.5, 0.6) is 5.75 Å². The molecule has 1 aromatic rings. The average molecular weight is 417 g/mol. The van der Waals surface area contributed by atoms with E-state index in [4.69, 9.17) is 32.7 Å². The highest BCUT2D eigenvalue weighted by Crippen LogP contribution is 2.27. The monoisotopic (exact) mass is 416 g/mol. The number of hydrogen-bond acceptors (Lipinski definition) is 5. The molecule has 148 valence electrons. The molecule has 7 nitrogen and oxygen atoms in total. The van der Waals surface area contributed by atoms with Crippen molar-refractivity contribution in [3.05, 3.63) is 28.2 Å². The first-order valence-corrected chi connectivity index (χ1v) is 9.44. The van der Waals surface area contributed by atoms with Gasteiger partial charge in [0.15, 0.2) is 13.2 Å². The fraction of sp³-hybridized carbons (Fsp3) is 0.500. The third-order valence-corrected chi connectivity index (χ3v) is 4.82. The summed E-state index contributed by atoms with van der Waals surface area (Å²) in [7, 11) is 0. The van der Waals surface area contributed by atoms with Crippen LogP contribution in [-0.4, -0.2) is 37.2 Å². The number of nitrogens with one attached hydrogen (secondary N) is 2. The summed E-state index contributed by atoms with van der Waals surface area (Å²) in [4.78, 5) is 35.2. The normalized spacial score (nSPS) is 19.1. The number of ether oxygens (including phenoxy) is 2. The molecule has 1 aliphatic rings. The van der Waals surface area contributed by atoms with Gasteiger partial charge in [-0.05, 0) is 37.0 Å². The van der Waals surface area contributed by atoms with Crippen LogP contribution in [0, 0.1) is 5.92 Å². The minimum Gasteiger partial charge on any atom is -0.480 e. The molecule has 27 heavy (non-hydrogen) atoms. The van der Waals surface area contributed by atoms with E-state index in [0.29, 0.717) is 10.9 Å². The third-order valence-electron chi connectivity index (χ3n) is 4.28. The van der Waals surface area contributed by atoms with Gasteiger partial charge in [0.1, 0.15) is 5.75 Å². The second kappa shape index (κ2) is 10.4. The van der Waals surface area contributed by atoms with Gasteiger partial charge >= 0.3 is 12.0 Å². The molecule has 0 bridgehead atoms. The Kier molecular flexibility index (Phi) is 8.19. The van der Waals surface area contributed by atoms with Crippen molar-refractivity contribution in [3.63, 3.8) is 0 Å². The van der Waals surface area contributed by atoms with Crippen LogP contribution in [0.1, 0.15) is 32.6 Å². The highest BCUT2D eigenvalue weighted by atomic mass is 35.5. The van der Waals surface area contributed by atoms with Gasteiger partial charge in [0.2, 0.25) is 0 Å². The lowest BCUT2D eigenvalue weighted by Gasteiger charge is -2.29. The average Bonchev–Trinajstić information content (AvgIpc) is 2.61. The number of rotatable bonds is 6. The Balaban J connectivity index is 1.66. The van der Waals surface area contributed by atoms with Crippen molar-refractivity contribution >= 4 is 41.1 Å². The van der Waals surface area contributed by atoms with E-state index in [2.05, 4.69) is 17.6 Å². The minimum atomic E-state index is -0.766. The fourth-order valence-electron chi connectivity index (χ4n) is 2.81. The van der Waals surface area contributed by atoms with E-state index < -0.39 is 31.1 Å². The highest BCUT2D eigenvalue weighted by Gasteiger charge is 2.23. The zero-order valence-corrected chi connectivity index (χ0v) is 16.4. The van der Waals surface area contributed by atoms with Crippen molar-refractivity contribution < 1.29 is 23.9 Å². The number of urea groups is 1. The van der Waals surface area contributed by atoms with Crippen LogP contribution in [0.3, 0.4) is 0 Å². The van der Waals surface area contributed by atoms with Crippen molar-refractivity contribution in [2.24, 2.45) is 5.92 Å². The second-order valence-electron chi connectivity index (χ2n) is 6.41. The van der Waals surface area contributed by atoms with E-state index in [-0.39, 0.29) is 16.8 Å². The Hall–Kier alpha value is -1.99. The van der Waals surface area contributed by atoms with Gasteiger partial charge in [-0.2, -0.15) is 0 Å². The second-order valence-corrected chi connectivity index (χ2v) is 7.26. The molecule has 0 aliphatic heterocycles. The maximum Gasteiger partial charge on any atom is 0.344 e. The van der Waals surface area contributed by atoms with Crippen LogP contribution in [0.4, 0.5) is 4.79 Å². The number of carbonyl (C=O) groups is 3. The standard InChI is InChI=1S/C18H22Cl2N2O5/c1-11-4-2-3-5-14(11)21-18(25)22-16(23)9-27-17(24)10-26-15-7-6-12(19)8-13(15)20/h6-8,11,14H,2-5,9-10H2,1H3,(H2,21,22,23,25)/t11-,14+/m1/s1. The molecular weight excluding hydrogens is 395 g/mol. The summed E-state index contributed by atoms with van der Waals surface area (Å²) in [6, 6.07) is 4.02. The molecule has 2 rings (SSSR count). The van der Waals surface area contributed by atoms with Crippen molar-refractivity contribution in [2.45, 2.75) is 38.6 Å². The predicted octanol–water partition coefficient (Wildman–Crippen LogP) is 3.32. The highest BCUT2D eigenvalue weighted by molar-refractivity contribution is 6.35. The first-order chi connectivity index (χ1) is 12.8. The molecule has 0 radical (unpaired) electrons. The number of halogens is 2. The summed E-state index contributed by atoms with van der Waals surface area (Å²) < 4.78 is 9.98. The minimum absolute atomic E-state index is 0.0478. The van der Waals surface area contributed by atoms with Crippen LogP contribution in [0.2, 0.25) is 10.0 Å². The van der Waals surface area contributed by atoms with Crippen molar-refractivity contribution in [3.8, 4) is 5.75 Å². The molecule has 0 saturated heterocycles. The number of imide groups is 1. The largest absolute Gasteiger partial charge is 0.480 e. The van der Waals surface area contributed by atoms with Crippen molar-refractivity contribution in [2.75, 3.05) is 13.2 Å². The van der Waals surface area contributed by atoms with E-state index in [1.54, 1.807) is 6.07 Å². The lowest BCUT2D eigenvalue weighted by molar-refractivity contribution is -0.150. The van der Waals surface area contributed by atoms with Gasteiger partial charge in [0.05, 0.1) is 5.02 Å². The molecular formula is C18H22Cl2N2O5. The molecule has 1 fully saturated rings. The lowest BCUT2D eigenvalue weighted by atomic mass is 9.86. The SMILES string of the molecule is C[C@@H]1CCCC[C@@H]1NC(=O)NC(=O)COC(=O)COc1ccc(Cl)cc1Cl. The quantitative estimate of drug-likeness (QED) is 0.693. The number of hydrogen-bond donors (Lipinski definition) is 2. The fourth-order valence-corrected chi connectivity index (χ4v) is 3.28. The van der Waals surface area contributed by atoms with Crippen LogP contribution in [0.15, 0.2) is 18.2 Å². The first-order valence-electron chi connectivity index (χ1n) is 8.69. The van der Waals surface area contributed by atoms with Gasteiger partial charge in [-0.15, -0.1) is 0 Å². The molecule has 0 aromatic heterocycles. The Morgan fingerprint density at radius 3 is 2.59 bits per heavy atom. The first kappa shape index (κ1) is 21.3. The lowest BCUT2D eigenvalue weighted by Crippen LogP contribution is -2.48. The Labute approximate surface area is 167 Å². The summed E-state index contributed by atoms with van der Waals surface area (Å²) in [5.41, 5.74) is 0. The smallest absolute Gasteiger partial charge is 0.344 e. The molecule has 0 unspecified atom stereocenters. The maximum absolute atomic E-state index is 11.9. The van der Waals surface area contributed by atoms with E-state index in [9.17, 15) is 14.4 Å².